The number of ether oxygens (including phenoxy) is 1. The summed E-state index contributed by atoms with van der Waals surface area (Å²) in [5.41, 5.74) is 12.4. The van der Waals surface area contributed by atoms with Crippen molar-refractivity contribution in [1.82, 2.24) is 0 Å². The highest BCUT2D eigenvalue weighted by molar-refractivity contribution is 7.10. The van der Waals surface area contributed by atoms with Crippen LogP contribution in [-0.2, 0) is 11.3 Å². The van der Waals surface area contributed by atoms with E-state index in [1.165, 1.54) is 23.5 Å². The SMILES string of the molecule is Nc1cc(N)cc(C(=O)OCc2sccc2Cl)c1. The van der Waals surface area contributed by atoms with Gasteiger partial charge in [0.25, 0.3) is 0 Å². The van der Waals surface area contributed by atoms with Crippen LogP contribution in [0.5, 0.6) is 0 Å². The fourth-order valence-corrected chi connectivity index (χ4v) is 2.44. The highest BCUT2D eigenvalue weighted by Gasteiger charge is 2.10. The lowest BCUT2D eigenvalue weighted by atomic mass is 10.2. The van der Waals surface area contributed by atoms with E-state index in [0.717, 1.165) is 4.88 Å². The van der Waals surface area contributed by atoms with E-state index in [2.05, 4.69) is 0 Å². The van der Waals surface area contributed by atoms with Crippen molar-refractivity contribution in [3.05, 3.63) is 45.1 Å². The zero-order chi connectivity index (χ0) is 13.1. The Labute approximate surface area is 113 Å². The Bertz CT molecular complexity index is 563. The second kappa shape index (κ2) is 5.29. The number of anilines is 2. The monoisotopic (exact) mass is 282 g/mol. The number of carbonyl (C=O) groups is 1. The summed E-state index contributed by atoms with van der Waals surface area (Å²) in [4.78, 5) is 12.6. The van der Waals surface area contributed by atoms with Crippen molar-refractivity contribution in [1.29, 1.82) is 0 Å². The smallest absolute Gasteiger partial charge is 0.338 e. The van der Waals surface area contributed by atoms with Crippen LogP contribution in [0.1, 0.15) is 15.2 Å². The number of carbonyl (C=O) groups excluding carboxylic acids is 1. The Morgan fingerprint density at radius 1 is 1.28 bits per heavy atom. The number of benzene rings is 1. The van der Waals surface area contributed by atoms with Crippen molar-refractivity contribution in [2.75, 3.05) is 11.5 Å². The maximum absolute atomic E-state index is 11.8. The molecule has 0 aliphatic carbocycles. The average Bonchev–Trinajstić information content (AvgIpc) is 2.70. The first kappa shape index (κ1) is 12.7. The molecule has 0 amide bonds. The maximum Gasteiger partial charge on any atom is 0.338 e. The summed E-state index contributed by atoms with van der Waals surface area (Å²) in [7, 11) is 0. The molecule has 4 nitrogen and oxygen atoms in total. The van der Waals surface area contributed by atoms with Crippen molar-refractivity contribution in [3.8, 4) is 0 Å². The van der Waals surface area contributed by atoms with Crippen LogP contribution in [0.2, 0.25) is 5.02 Å². The molecule has 4 N–H and O–H groups in total. The van der Waals surface area contributed by atoms with E-state index in [9.17, 15) is 4.79 Å². The van der Waals surface area contributed by atoms with Crippen molar-refractivity contribution >= 4 is 40.3 Å². The van der Waals surface area contributed by atoms with Gasteiger partial charge in [-0.3, -0.25) is 0 Å². The van der Waals surface area contributed by atoms with E-state index in [1.54, 1.807) is 12.1 Å². The number of nitrogens with two attached hydrogens (primary N) is 2. The molecule has 18 heavy (non-hydrogen) atoms. The molecule has 0 bridgehead atoms. The normalized spacial score (nSPS) is 10.3. The van der Waals surface area contributed by atoms with Gasteiger partial charge in [-0.05, 0) is 29.6 Å². The second-order valence-corrected chi connectivity index (χ2v) is 5.06. The summed E-state index contributed by atoms with van der Waals surface area (Å²) in [6.07, 6.45) is 0. The minimum absolute atomic E-state index is 0.143. The molecule has 0 atom stereocenters. The lowest BCUT2D eigenvalue weighted by Crippen LogP contribution is -2.06. The molecule has 0 saturated carbocycles. The third-order valence-corrected chi connectivity index (χ3v) is 3.60. The Balaban J connectivity index is 2.06. The van der Waals surface area contributed by atoms with Crippen LogP contribution in [0.4, 0.5) is 11.4 Å². The molecule has 0 spiro atoms. The largest absolute Gasteiger partial charge is 0.456 e. The van der Waals surface area contributed by atoms with Crippen molar-refractivity contribution < 1.29 is 9.53 Å². The molecule has 0 saturated heterocycles. The standard InChI is InChI=1S/C12H11ClN2O2S/c13-10-1-2-18-11(10)6-17-12(16)7-3-8(14)5-9(15)4-7/h1-5H,6,14-15H2. The summed E-state index contributed by atoms with van der Waals surface area (Å²) in [5.74, 6) is -0.474. The topological polar surface area (TPSA) is 78.3 Å². The van der Waals surface area contributed by atoms with E-state index >= 15 is 0 Å². The molecule has 94 valence electrons. The van der Waals surface area contributed by atoms with Gasteiger partial charge in [0.15, 0.2) is 0 Å². The minimum atomic E-state index is -0.474. The first-order chi connectivity index (χ1) is 8.56. The van der Waals surface area contributed by atoms with Gasteiger partial charge < -0.3 is 16.2 Å². The molecule has 0 aliphatic heterocycles. The van der Waals surface area contributed by atoms with Gasteiger partial charge in [-0.15, -0.1) is 11.3 Å². The van der Waals surface area contributed by atoms with E-state index in [-0.39, 0.29) is 6.61 Å². The third kappa shape index (κ3) is 2.94. The van der Waals surface area contributed by atoms with Crippen molar-refractivity contribution in [2.24, 2.45) is 0 Å². The van der Waals surface area contributed by atoms with Crippen LogP contribution in [-0.4, -0.2) is 5.97 Å². The predicted molar refractivity (Wildman–Crippen MR) is 73.7 cm³/mol. The van der Waals surface area contributed by atoms with Gasteiger partial charge in [0.05, 0.1) is 15.5 Å². The third-order valence-electron chi connectivity index (χ3n) is 2.24. The zero-order valence-electron chi connectivity index (χ0n) is 9.35. The molecule has 2 rings (SSSR count). The predicted octanol–water partition coefficient (Wildman–Crippen LogP) is 2.92. The second-order valence-electron chi connectivity index (χ2n) is 3.66. The van der Waals surface area contributed by atoms with Gasteiger partial charge in [-0.25, -0.2) is 4.79 Å². The highest BCUT2D eigenvalue weighted by atomic mass is 35.5. The quantitative estimate of drug-likeness (QED) is 0.670. The fourth-order valence-electron chi connectivity index (χ4n) is 1.44. The van der Waals surface area contributed by atoms with Gasteiger partial charge in [-0.2, -0.15) is 0 Å². The number of esters is 1. The van der Waals surface area contributed by atoms with E-state index in [1.807, 2.05) is 5.38 Å². The van der Waals surface area contributed by atoms with Crippen molar-refractivity contribution in [3.63, 3.8) is 0 Å². The van der Waals surface area contributed by atoms with E-state index < -0.39 is 5.97 Å². The summed E-state index contributed by atoms with van der Waals surface area (Å²) >= 11 is 7.33. The van der Waals surface area contributed by atoms with Crippen LogP contribution < -0.4 is 11.5 Å². The van der Waals surface area contributed by atoms with Crippen LogP contribution in [0.3, 0.4) is 0 Å². The Morgan fingerprint density at radius 2 is 1.94 bits per heavy atom. The molecule has 1 aromatic heterocycles. The van der Waals surface area contributed by atoms with Crippen molar-refractivity contribution in [2.45, 2.75) is 6.61 Å². The molecule has 0 fully saturated rings. The lowest BCUT2D eigenvalue weighted by Gasteiger charge is -2.05. The fraction of sp³-hybridized carbons (Fsp3) is 0.0833. The number of thiophene rings is 1. The average molecular weight is 283 g/mol. The number of hydrogen-bond donors (Lipinski definition) is 2. The molecular weight excluding hydrogens is 272 g/mol. The molecule has 1 heterocycles. The highest BCUT2D eigenvalue weighted by Crippen LogP contribution is 2.23. The summed E-state index contributed by atoms with van der Waals surface area (Å²) in [6.45, 7) is 0.143. The van der Waals surface area contributed by atoms with Crippen LogP contribution in [0.25, 0.3) is 0 Å². The summed E-state index contributed by atoms with van der Waals surface area (Å²) < 4.78 is 5.14. The Morgan fingerprint density at radius 3 is 2.50 bits per heavy atom. The first-order valence-electron chi connectivity index (χ1n) is 5.11. The molecule has 0 radical (unpaired) electrons. The molecular formula is C12H11ClN2O2S. The van der Waals surface area contributed by atoms with Gasteiger partial charge in [0, 0.05) is 11.4 Å². The number of hydrogen-bond acceptors (Lipinski definition) is 5. The maximum atomic E-state index is 11.8. The molecule has 6 heteroatoms. The van der Waals surface area contributed by atoms with Crippen LogP contribution >= 0.6 is 22.9 Å². The zero-order valence-corrected chi connectivity index (χ0v) is 10.9. The van der Waals surface area contributed by atoms with Crippen LogP contribution in [0, 0.1) is 0 Å². The number of nitrogen functional groups attached to an aromatic ring is 2. The van der Waals surface area contributed by atoms with E-state index in [0.29, 0.717) is 22.0 Å². The van der Waals surface area contributed by atoms with Gasteiger partial charge in [0.1, 0.15) is 6.61 Å². The molecule has 0 aliphatic rings. The summed E-state index contributed by atoms with van der Waals surface area (Å²) in [5, 5.41) is 2.43. The molecule has 2 aromatic rings. The Hall–Kier alpha value is -1.72. The summed E-state index contributed by atoms with van der Waals surface area (Å²) in [6, 6.07) is 6.38. The molecule has 1 aromatic carbocycles. The Kier molecular flexibility index (Phi) is 3.74. The van der Waals surface area contributed by atoms with Gasteiger partial charge in [0.2, 0.25) is 0 Å². The minimum Gasteiger partial charge on any atom is -0.456 e. The van der Waals surface area contributed by atoms with Crippen LogP contribution in [0.15, 0.2) is 29.6 Å². The lowest BCUT2D eigenvalue weighted by molar-refractivity contribution is 0.0477. The number of halogens is 1. The van der Waals surface area contributed by atoms with E-state index in [4.69, 9.17) is 27.8 Å². The first-order valence-corrected chi connectivity index (χ1v) is 6.37. The van der Waals surface area contributed by atoms with Gasteiger partial charge >= 0.3 is 5.97 Å². The number of rotatable bonds is 3. The van der Waals surface area contributed by atoms with Gasteiger partial charge in [-0.1, -0.05) is 11.6 Å². The molecule has 0 unspecified atom stereocenters.